The lowest BCUT2D eigenvalue weighted by atomic mass is 10.1. The molecule has 0 saturated heterocycles. The van der Waals surface area contributed by atoms with Crippen LogP contribution in [0.15, 0.2) is 36.7 Å². The molecule has 0 bridgehead atoms. The van der Waals surface area contributed by atoms with E-state index in [0.29, 0.717) is 5.95 Å². The van der Waals surface area contributed by atoms with E-state index in [1.54, 1.807) is 4.52 Å². The molecule has 3 rings (SSSR count). The van der Waals surface area contributed by atoms with Gasteiger partial charge in [-0.15, -0.1) is 0 Å². The zero-order chi connectivity index (χ0) is 14.7. The number of aromatic nitrogens is 4. The molecule has 6 heteroatoms. The number of thioether (sulfide) groups is 1. The molecule has 1 aromatic carbocycles. The maximum atomic E-state index is 6.01. The van der Waals surface area contributed by atoms with E-state index < -0.39 is 0 Å². The van der Waals surface area contributed by atoms with Crippen molar-refractivity contribution in [3.8, 4) is 11.3 Å². The standard InChI is InChI=1S/C15H17N5S/c1-2-21-9-8-12-13(11-6-4-3-5-7-11)19-15(16)20-14(12)17-10-18-20/h3-7,10H,2,8-9H2,1H3,(H2,16,19). The predicted octanol–water partition coefficient (Wildman–Crippen LogP) is 2.67. The number of hydrogen-bond acceptors (Lipinski definition) is 5. The van der Waals surface area contributed by atoms with Crippen molar-refractivity contribution in [2.75, 3.05) is 17.2 Å². The number of nitrogens with zero attached hydrogens (tertiary/aromatic N) is 4. The Hall–Kier alpha value is -2.08. The van der Waals surface area contributed by atoms with Crippen LogP contribution in [0.1, 0.15) is 12.5 Å². The lowest BCUT2D eigenvalue weighted by Crippen LogP contribution is -2.08. The summed E-state index contributed by atoms with van der Waals surface area (Å²) < 4.78 is 1.61. The minimum atomic E-state index is 0.369. The monoisotopic (exact) mass is 299 g/mol. The van der Waals surface area contributed by atoms with Crippen molar-refractivity contribution in [1.29, 1.82) is 0 Å². The van der Waals surface area contributed by atoms with Crippen LogP contribution in [0.25, 0.3) is 16.9 Å². The van der Waals surface area contributed by atoms with E-state index in [2.05, 4.69) is 22.0 Å². The third-order valence-electron chi connectivity index (χ3n) is 3.29. The van der Waals surface area contributed by atoms with Gasteiger partial charge in [0.05, 0.1) is 5.69 Å². The van der Waals surface area contributed by atoms with Crippen molar-refractivity contribution in [3.05, 3.63) is 42.2 Å². The minimum absolute atomic E-state index is 0.369. The van der Waals surface area contributed by atoms with Crippen molar-refractivity contribution in [2.24, 2.45) is 0 Å². The molecule has 2 aromatic heterocycles. The van der Waals surface area contributed by atoms with Gasteiger partial charge in [0.25, 0.3) is 0 Å². The Morgan fingerprint density at radius 2 is 2.05 bits per heavy atom. The molecule has 21 heavy (non-hydrogen) atoms. The Morgan fingerprint density at radius 1 is 1.24 bits per heavy atom. The van der Waals surface area contributed by atoms with E-state index in [9.17, 15) is 0 Å². The van der Waals surface area contributed by atoms with Gasteiger partial charge in [0.15, 0.2) is 5.65 Å². The second-order valence-corrected chi connectivity index (χ2v) is 6.00. The molecule has 0 aliphatic rings. The van der Waals surface area contributed by atoms with Gasteiger partial charge in [-0.05, 0) is 17.9 Å². The van der Waals surface area contributed by atoms with Crippen LogP contribution in [-0.2, 0) is 6.42 Å². The highest BCUT2D eigenvalue weighted by Crippen LogP contribution is 2.26. The highest BCUT2D eigenvalue weighted by atomic mass is 32.2. The number of nitrogens with two attached hydrogens (primary N) is 1. The Labute approximate surface area is 127 Å². The van der Waals surface area contributed by atoms with Crippen LogP contribution >= 0.6 is 11.8 Å². The van der Waals surface area contributed by atoms with Gasteiger partial charge in [0, 0.05) is 11.1 Å². The van der Waals surface area contributed by atoms with Crippen molar-refractivity contribution < 1.29 is 0 Å². The van der Waals surface area contributed by atoms with E-state index in [1.165, 1.54) is 6.33 Å². The molecule has 2 N–H and O–H groups in total. The van der Waals surface area contributed by atoms with Gasteiger partial charge < -0.3 is 5.73 Å². The lowest BCUT2D eigenvalue weighted by Gasteiger charge is -2.11. The largest absolute Gasteiger partial charge is 0.368 e. The smallest absolute Gasteiger partial charge is 0.223 e. The molecule has 108 valence electrons. The van der Waals surface area contributed by atoms with Crippen molar-refractivity contribution in [2.45, 2.75) is 13.3 Å². The summed E-state index contributed by atoms with van der Waals surface area (Å²) in [5, 5.41) is 4.15. The van der Waals surface area contributed by atoms with Crippen molar-refractivity contribution in [1.82, 2.24) is 19.6 Å². The molecule has 0 radical (unpaired) electrons. The van der Waals surface area contributed by atoms with E-state index in [4.69, 9.17) is 5.73 Å². The fraction of sp³-hybridized carbons (Fsp3) is 0.267. The van der Waals surface area contributed by atoms with Crippen LogP contribution in [0.3, 0.4) is 0 Å². The molecule has 5 nitrogen and oxygen atoms in total. The number of fused-ring (bicyclic) bond motifs is 1. The summed E-state index contributed by atoms with van der Waals surface area (Å²) in [4.78, 5) is 8.92. The van der Waals surface area contributed by atoms with Crippen LogP contribution < -0.4 is 5.73 Å². The molecule has 0 atom stereocenters. The first-order chi connectivity index (χ1) is 10.3. The number of hydrogen-bond donors (Lipinski definition) is 1. The van der Waals surface area contributed by atoms with E-state index in [0.717, 1.165) is 40.4 Å². The molecule has 0 spiro atoms. The minimum Gasteiger partial charge on any atom is -0.368 e. The number of benzene rings is 1. The fourth-order valence-electron chi connectivity index (χ4n) is 2.33. The highest BCUT2D eigenvalue weighted by molar-refractivity contribution is 7.99. The summed E-state index contributed by atoms with van der Waals surface area (Å²) in [7, 11) is 0. The summed E-state index contributed by atoms with van der Waals surface area (Å²) in [6.45, 7) is 2.16. The normalized spacial score (nSPS) is 11.1. The molecular formula is C15H17N5S. The van der Waals surface area contributed by atoms with Gasteiger partial charge >= 0.3 is 0 Å². The van der Waals surface area contributed by atoms with Gasteiger partial charge in [-0.1, -0.05) is 37.3 Å². The number of aryl methyl sites for hydroxylation is 1. The fourth-order valence-corrected chi connectivity index (χ4v) is 2.97. The summed E-state index contributed by atoms with van der Waals surface area (Å²) in [5.74, 6) is 2.50. The number of nitrogen functional groups attached to an aromatic ring is 1. The third-order valence-corrected chi connectivity index (χ3v) is 4.20. The molecular weight excluding hydrogens is 282 g/mol. The summed E-state index contributed by atoms with van der Waals surface area (Å²) in [6.07, 6.45) is 2.43. The quantitative estimate of drug-likeness (QED) is 0.734. The second-order valence-electron chi connectivity index (χ2n) is 4.61. The third kappa shape index (κ3) is 2.71. The number of anilines is 1. The van der Waals surface area contributed by atoms with Crippen LogP contribution in [0.5, 0.6) is 0 Å². The van der Waals surface area contributed by atoms with E-state index in [1.807, 2.05) is 42.1 Å². The summed E-state index contributed by atoms with van der Waals surface area (Å²) >= 11 is 1.91. The first-order valence-electron chi connectivity index (χ1n) is 6.92. The van der Waals surface area contributed by atoms with Gasteiger partial charge in [0.2, 0.25) is 5.95 Å². The molecule has 2 heterocycles. The highest BCUT2D eigenvalue weighted by Gasteiger charge is 2.15. The SMILES string of the molecule is CCSCCc1c(-c2ccccc2)nc(N)n2ncnc12. The molecule has 3 aromatic rings. The average molecular weight is 299 g/mol. The second kappa shape index (κ2) is 6.13. The van der Waals surface area contributed by atoms with Crippen LogP contribution in [0.4, 0.5) is 5.95 Å². The zero-order valence-electron chi connectivity index (χ0n) is 11.9. The van der Waals surface area contributed by atoms with Crippen molar-refractivity contribution >= 4 is 23.4 Å². The Bertz CT molecular complexity index is 738. The summed E-state index contributed by atoms with van der Waals surface area (Å²) in [6, 6.07) is 10.1. The first-order valence-corrected chi connectivity index (χ1v) is 8.08. The Kier molecular flexibility index (Phi) is 4.06. The maximum absolute atomic E-state index is 6.01. The van der Waals surface area contributed by atoms with Gasteiger partial charge in [0.1, 0.15) is 6.33 Å². The Morgan fingerprint density at radius 3 is 2.81 bits per heavy atom. The van der Waals surface area contributed by atoms with Crippen LogP contribution in [-0.4, -0.2) is 31.1 Å². The van der Waals surface area contributed by atoms with Gasteiger partial charge in [-0.3, -0.25) is 0 Å². The zero-order valence-corrected chi connectivity index (χ0v) is 12.7. The van der Waals surface area contributed by atoms with Gasteiger partial charge in [-0.25, -0.2) is 9.97 Å². The lowest BCUT2D eigenvalue weighted by molar-refractivity contribution is 0.924. The molecule has 0 aliphatic carbocycles. The van der Waals surface area contributed by atoms with Crippen molar-refractivity contribution in [3.63, 3.8) is 0 Å². The molecule has 0 amide bonds. The topological polar surface area (TPSA) is 69.1 Å². The number of rotatable bonds is 5. The predicted molar refractivity (Wildman–Crippen MR) is 87.3 cm³/mol. The van der Waals surface area contributed by atoms with Crippen LogP contribution in [0, 0.1) is 0 Å². The summed E-state index contributed by atoms with van der Waals surface area (Å²) in [5.41, 5.74) is 9.88. The van der Waals surface area contributed by atoms with Gasteiger partial charge in [-0.2, -0.15) is 21.4 Å². The first kappa shape index (κ1) is 13.9. The average Bonchev–Trinajstić information content (AvgIpc) is 3.00. The van der Waals surface area contributed by atoms with Crippen LogP contribution in [0.2, 0.25) is 0 Å². The molecule has 0 unspecified atom stereocenters. The van der Waals surface area contributed by atoms with E-state index in [-0.39, 0.29) is 0 Å². The Balaban J connectivity index is 2.14. The molecule has 0 saturated carbocycles. The van der Waals surface area contributed by atoms with E-state index >= 15 is 0 Å². The maximum Gasteiger partial charge on any atom is 0.223 e. The molecule has 0 fully saturated rings. The molecule has 0 aliphatic heterocycles.